The maximum atomic E-state index is 14.4. The highest BCUT2D eigenvalue weighted by atomic mass is 35.5. The average molecular weight is 1700 g/mol. The van der Waals surface area contributed by atoms with Gasteiger partial charge in [-0.15, -0.1) is 23.1 Å². The van der Waals surface area contributed by atoms with Crippen LogP contribution in [0.25, 0.3) is 16.0 Å². The van der Waals surface area contributed by atoms with E-state index in [1.54, 1.807) is 23.5 Å². The standard InChI is InChI=1S/C86H111ClF3N11O11S4/c1-59(61-17-19-63(20-18-61)78-60(2)91-58-114-78)92-81(106)74-51-69(102)55-101(74)82(107)79(83(3,4)5)94-76(103)15-11-8-12-16-77(104)100-41-36-85(37-42-100)34-39-98(40-35-85)57-84(6)33-31-72(62-21-25-66(87)26-22-62)65(53-84)54-97-43-45-99(46-44-97)68-27-23-64(24-28-68)80(105)95-116(110,111)71-29-30-73(75(52-71)115(108,109)86(88,89)90)93-67(32-38-96-47-49-112-50-48-96)56-113-70-13-9-7-10-14-70/h7,9-10,13-14,17-30,52,58-59,67,69,74,79,93,102H,8,11-12,15-16,31-51,53-57H2,1-6H3,(H,92,106)(H,94,103)(H,95,105)/t59-,67?,69+,74-,79+,84?/m0/s1. The van der Waals surface area contributed by atoms with Crippen molar-refractivity contribution in [2.75, 3.05) is 121 Å². The molecule has 5 aromatic carbocycles. The molecule has 6 aromatic rings. The number of piperazine rings is 1. The van der Waals surface area contributed by atoms with E-state index in [4.69, 9.17) is 16.3 Å². The lowest BCUT2D eigenvalue weighted by atomic mass is 9.69. The Bertz CT molecular complexity index is 4660. The molecule has 5 amide bonds. The van der Waals surface area contributed by atoms with Crippen LogP contribution in [0.3, 0.4) is 0 Å². The summed E-state index contributed by atoms with van der Waals surface area (Å²) in [6.07, 6.45) is 9.13. The number of thiazole rings is 1. The Morgan fingerprint density at radius 2 is 1.42 bits per heavy atom. The second kappa shape index (κ2) is 38.3. The Labute approximate surface area is 694 Å². The minimum atomic E-state index is -6.11. The number of aliphatic hydroxyl groups is 1. The normalized spacial score (nSPS) is 21.0. The molecule has 6 aliphatic rings. The topological polar surface area (TPSA) is 264 Å². The van der Waals surface area contributed by atoms with Gasteiger partial charge in [-0.3, -0.25) is 33.8 Å². The number of sulfonamides is 1. The number of hydrogen-bond donors (Lipinski definition) is 5. The predicted molar refractivity (Wildman–Crippen MR) is 450 cm³/mol. The van der Waals surface area contributed by atoms with Crippen molar-refractivity contribution in [3.05, 3.63) is 160 Å². The molecule has 5 fully saturated rings. The number of aromatic nitrogens is 1. The molecule has 1 aromatic heterocycles. The zero-order valence-electron chi connectivity index (χ0n) is 67.2. The van der Waals surface area contributed by atoms with E-state index in [0.717, 1.165) is 142 Å². The number of allylic oxidation sites excluding steroid dienone is 1. The molecule has 30 heteroatoms. The number of unbranched alkanes of at least 4 members (excludes halogenated alkanes) is 2. The number of benzene rings is 5. The molecule has 0 bridgehead atoms. The molecule has 6 atom stereocenters. The number of aryl methyl sites for hydroxylation is 1. The molecule has 0 saturated carbocycles. The fourth-order valence-corrected chi connectivity index (χ4v) is 21.1. The van der Waals surface area contributed by atoms with E-state index in [1.807, 2.05) is 116 Å². The van der Waals surface area contributed by atoms with Gasteiger partial charge in [-0.25, -0.2) is 26.5 Å². The molecule has 1 spiro atoms. The summed E-state index contributed by atoms with van der Waals surface area (Å²) >= 11 is 9.44. The van der Waals surface area contributed by atoms with E-state index in [2.05, 4.69) is 59.6 Å². The number of halogens is 4. The predicted octanol–water partition coefficient (Wildman–Crippen LogP) is 13.3. The number of β-amino-alcohol motifs (C(OH)–C–C–N with tert-alkyl or cyclic N) is 1. The summed E-state index contributed by atoms with van der Waals surface area (Å²) in [5.41, 5.74) is 2.79. The highest BCUT2D eigenvalue weighted by molar-refractivity contribution is 7.99. The number of carbonyl (C=O) groups is 5. The lowest BCUT2D eigenvalue weighted by Crippen LogP contribution is -2.57. The van der Waals surface area contributed by atoms with Gasteiger partial charge in [0.25, 0.3) is 25.8 Å². The molecule has 116 heavy (non-hydrogen) atoms. The van der Waals surface area contributed by atoms with E-state index < -0.39 is 82.3 Å². The number of nitrogens with one attached hydrogen (secondary N) is 4. The molecule has 5 N–H and O–H groups in total. The highest BCUT2D eigenvalue weighted by Crippen LogP contribution is 2.47. The van der Waals surface area contributed by atoms with Crippen LogP contribution >= 0.6 is 34.7 Å². The van der Waals surface area contributed by atoms with Crippen molar-refractivity contribution < 1.29 is 63.8 Å². The van der Waals surface area contributed by atoms with Crippen LogP contribution in [0.1, 0.15) is 158 Å². The summed E-state index contributed by atoms with van der Waals surface area (Å²) in [7, 11) is -11.0. The van der Waals surface area contributed by atoms with E-state index in [-0.39, 0.29) is 59.5 Å². The number of rotatable bonds is 30. The van der Waals surface area contributed by atoms with Gasteiger partial charge in [0.2, 0.25) is 23.6 Å². The zero-order chi connectivity index (χ0) is 82.7. The number of likely N-dealkylation sites (tertiary alicyclic amines) is 3. The molecule has 5 aliphatic heterocycles. The van der Waals surface area contributed by atoms with Crippen LogP contribution in [0.4, 0.5) is 24.5 Å². The molecular formula is C86H111ClF3N11O11S4. The minimum absolute atomic E-state index is 0.0187. The van der Waals surface area contributed by atoms with Gasteiger partial charge in [-0.05, 0) is 196 Å². The smallest absolute Gasteiger partial charge is 0.391 e. The van der Waals surface area contributed by atoms with E-state index in [0.29, 0.717) is 94.9 Å². The van der Waals surface area contributed by atoms with Gasteiger partial charge in [0, 0.05) is 131 Å². The number of morpholine rings is 1. The Morgan fingerprint density at radius 3 is 2.08 bits per heavy atom. The Kier molecular flexibility index (Phi) is 29.0. The van der Waals surface area contributed by atoms with Gasteiger partial charge in [0.05, 0.1) is 52.0 Å². The van der Waals surface area contributed by atoms with E-state index >= 15 is 0 Å². The lowest BCUT2D eigenvalue weighted by molar-refractivity contribution is -0.144. The molecule has 5 saturated heterocycles. The van der Waals surface area contributed by atoms with Crippen molar-refractivity contribution in [1.82, 2.24) is 44.8 Å². The molecule has 6 heterocycles. The number of anilines is 2. The summed E-state index contributed by atoms with van der Waals surface area (Å²) in [5.74, 6) is -1.61. The summed E-state index contributed by atoms with van der Waals surface area (Å²) in [6.45, 7) is 22.9. The highest BCUT2D eigenvalue weighted by Gasteiger charge is 2.50. The molecule has 628 valence electrons. The molecular weight excluding hydrogens is 1580 g/mol. The van der Waals surface area contributed by atoms with Crippen LogP contribution < -0.4 is 25.6 Å². The van der Waals surface area contributed by atoms with Gasteiger partial charge in [0.15, 0.2) is 0 Å². The fraction of sp³-hybridized carbons (Fsp3) is 0.535. The Hall–Kier alpha value is -7.45. The molecule has 2 unspecified atom stereocenters. The maximum Gasteiger partial charge on any atom is 0.501 e. The first kappa shape index (κ1) is 87.9. The van der Waals surface area contributed by atoms with Crippen LogP contribution in [0.5, 0.6) is 0 Å². The number of piperidine rings is 2. The van der Waals surface area contributed by atoms with Crippen LogP contribution in [0.2, 0.25) is 5.02 Å². The number of hydrogen-bond acceptors (Lipinski definition) is 19. The van der Waals surface area contributed by atoms with Crippen LogP contribution in [-0.2, 0) is 43.8 Å². The van der Waals surface area contributed by atoms with Crippen molar-refractivity contribution >= 4 is 101 Å². The lowest BCUT2D eigenvalue weighted by Gasteiger charge is -2.49. The second-order valence-electron chi connectivity index (χ2n) is 33.7. The monoisotopic (exact) mass is 1690 g/mol. The van der Waals surface area contributed by atoms with Crippen LogP contribution in [0, 0.1) is 23.2 Å². The molecule has 0 radical (unpaired) electrons. The number of thioether (sulfide) groups is 1. The Balaban J connectivity index is 0.579. The molecule has 1 aliphatic carbocycles. The van der Waals surface area contributed by atoms with Gasteiger partial charge in [-0.2, -0.15) is 13.2 Å². The summed E-state index contributed by atoms with van der Waals surface area (Å²) < 4.78 is 105. The fourth-order valence-electron chi connectivity index (χ4n) is 17.1. The van der Waals surface area contributed by atoms with E-state index in [9.17, 15) is 59.1 Å². The first-order valence-corrected chi connectivity index (χ1v) is 45.8. The SMILES string of the molecule is Cc1ncsc1-c1ccc([C@H](C)NC(=O)[C@@H]2C[C@@H](O)CN2C(=O)[C@@H](NC(=O)CCCCCC(=O)N2CCC3(CCN(CC4(C)CCC(c5ccc(Cl)cc5)=C(CN5CCN(c6ccc(C(=O)NS(=O)(=O)c7ccc(NC(CCN8CCOCC8)CSc8ccccc8)c(S(=O)(=O)C(F)(F)F)c7)cc6)CC5)C4)CC3)CC2)C(C)(C)C)cc1. The van der Waals surface area contributed by atoms with E-state index in [1.165, 1.54) is 45.5 Å². The number of sulfone groups is 1. The zero-order valence-corrected chi connectivity index (χ0v) is 71.3. The quantitative estimate of drug-likeness (QED) is 0.0207. The van der Waals surface area contributed by atoms with Crippen LogP contribution in [-0.4, -0.2) is 221 Å². The number of carbonyl (C=O) groups excluding carboxylic acids is 5. The largest absolute Gasteiger partial charge is 0.501 e. The van der Waals surface area contributed by atoms with Gasteiger partial charge in [-0.1, -0.05) is 106 Å². The first-order valence-electron chi connectivity index (χ1n) is 40.6. The first-order chi connectivity index (χ1) is 55.2. The third-order valence-electron chi connectivity index (χ3n) is 24.1. The third-order valence-corrected chi connectivity index (χ3v) is 29.4. The van der Waals surface area contributed by atoms with Gasteiger partial charge >= 0.3 is 5.51 Å². The number of nitrogens with zero attached hydrogens (tertiary/aromatic N) is 7. The number of ether oxygens (including phenoxy) is 1. The van der Waals surface area contributed by atoms with Crippen molar-refractivity contribution in [1.29, 1.82) is 0 Å². The van der Waals surface area contributed by atoms with Gasteiger partial charge in [0.1, 0.15) is 17.0 Å². The second-order valence-corrected chi connectivity index (χ2v) is 39.7. The number of amides is 5. The average Bonchev–Trinajstić information content (AvgIpc) is 0.996. The van der Waals surface area contributed by atoms with Crippen molar-refractivity contribution in [2.45, 2.75) is 182 Å². The number of alkyl halides is 3. The maximum absolute atomic E-state index is 14.4. The third kappa shape index (κ3) is 22.5. The number of aliphatic hydroxyl groups excluding tert-OH is 1. The Morgan fingerprint density at radius 1 is 0.759 bits per heavy atom. The van der Waals surface area contributed by atoms with Crippen molar-refractivity contribution in [3.8, 4) is 10.4 Å². The minimum Gasteiger partial charge on any atom is -0.391 e. The molecule has 22 nitrogen and oxygen atoms in total. The summed E-state index contributed by atoms with van der Waals surface area (Å²) in [5, 5.41) is 20.5. The van der Waals surface area contributed by atoms with Crippen LogP contribution in [0.15, 0.2) is 147 Å². The summed E-state index contributed by atoms with van der Waals surface area (Å²) in [6, 6.07) is 31.5. The van der Waals surface area contributed by atoms with Gasteiger partial charge < -0.3 is 45.4 Å². The van der Waals surface area contributed by atoms with Crippen molar-refractivity contribution in [2.24, 2.45) is 16.2 Å². The summed E-state index contributed by atoms with van der Waals surface area (Å²) in [4.78, 5) is 86.2. The molecule has 12 rings (SSSR count). The van der Waals surface area contributed by atoms with Crippen molar-refractivity contribution in [3.63, 3.8) is 0 Å².